The molecule has 7 N–H and O–H groups in total. The smallest absolute Gasteiger partial charge is 0.323 e. The highest BCUT2D eigenvalue weighted by Gasteiger charge is 2.34. The fourth-order valence-electron chi connectivity index (χ4n) is 6.07. The lowest BCUT2D eigenvalue weighted by Crippen LogP contribution is -2.57. The average Bonchev–Trinajstić information content (AvgIpc) is 3.10. The van der Waals surface area contributed by atoms with Crippen LogP contribution in [0.25, 0.3) is 0 Å². The van der Waals surface area contributed by atoms with E-state index in [4.69, 9.17) is 14.2 Å². The summed E-state index contributed by atoms with van der Waals surface area (Å²) in [5.41, 5.74) is 0.960. The minimum absolute atomic E-state index is 0.0204. The molecule has 0 radical (unpaired) electrons. The SMILES string of the molecule is CCOCCOCCOc1ccc(CCC[C@@H](C(=O)O)N2CCN([C@H](CO)C(=O)O)CCN([C@@H](CO)C(=O)O)CCN([C@@H](CO)C(=O)O)CC2)cc1. The number of ether oxygens (including phenoxy) is 3. The van der Waals surface area contributed by atoms with E-state index in [1.165, 1.54) is 14.7 Å². The van der Waals surface area contributed by atoms with Crippen LogP contribution in [0.5, 0.6) is 5.75 Å². The van der Waals surface area contributed by atoms with Crippen molar-refractivity contribution in [3.63, 3.8) is 0 Å². The van der Waals surface area contributed by atoms with Crippen molar-refractivity contribution in [1.82, 2.24) is 19.6 Å². The van der Waals surface area contributed by atoms with Crippen LogP contribution in [-0.2, 0) is 35.1 Å². The summed E-state index contributed by atoms with van der Waals surface area (Å²) in [7, 11) is 0. The summed E-state index contributed by atoms with van der Waals surface area (Å²) in [6.07, 6.45) is 1.24. The van der Waals surface area contributed by atoms with Gasteiger partial charge in [-0.05, 0) is 43.9 Å². The standard InChI is InChI=1S/C34H56N4O14/c1-2-50-18-19-51-20-21-52-26-8-6-25(7-9-26)4-3-5-27(31(42)43)35-10-12-36(28(22-39)32(44)45)14-16-38(30(24-41)34(48)49)17-15-37(13-11-35)29(23-40)33(46)47/h6-9,27-30,39-41H,2-5,10-24H2,1H3,(H,42,43)(H,44,45)(H,46,47)(H,48,49)/t27-,28-,29+,30-/m0/s1. The Morgan fingerprint density at radius 1 is 0.577 bits per heavy atom. The molecule has 18 nitrogen and oxygen atoms in total. The lowest BCUT2D eigenvalue weighted by Gasteiger charge is -2.39. The summed E-state index contributed by atoms with van der Waals surface area (Å²) in [5, 5.41) is 69.5. The molecule has 1 saturated heterocycles. The summed E-state index contributed by atoms with van der Waals surface area (Å²) in [4.78, 5) is 54.6. The van der Waals surface area contributed by atoms with Crippen LogP contribution >= 0.6 is 0 Å². The Kier molecular flexibility index (Phi) is 21.2. The molecule has 1 fully saturated rings. The van der Waals surface area contributed by atoms with Gasteiger partial charge in [0.25, 0.3) is 0 Å². The number of hydrogen-bond acceptors (Lipinski definition) is 14. The Bertz CT molecular complexity index is 1170. The minimum atomic E-state index is -1.38. The van der Waals surface area contributed by atoms with Gasteiger partial charge in [-0.3, -0.25) is 38.8 Å². The molecule has 0 aromatic heterocycles. The number of rotatable bonds is 23. The quantitative estimate of drug-likeness (QED) is 0.0627. The molecule has 296 valence electrons. The number of nitrogens with zero attached hydrogens (tertiary/aromatic N) is 4. The highest BCUT2D eigenvalue weighted by atomic mass is 16.5. The molecule has 1 aliphatic heterocycles. The van der Waals surface area contributed by atoms with E-state index >= 15 is 0 Å². The Balaban J connectivity index is 2.22. The number of carboxylic acids is 4. The molecule has 1 aromatic rings. The second-order valence-corrected chi connectivity index (χ2v) is 12.3. The third-order valence-electron chi connectivity index (χ3n) is 9.06. The van der Waals surface area contributed by atoms with Crippen LogP contribution in [0, 0.1) is 0 Å². The fourth-order valence-corrected chi connectivity index (χ4v) is 6.07. The van der Waals surface area contributed by atoms with E-state index in [1.54, 1.807) is 4.90 Å². The Morgan fingerprint density at radius 3 is 1.31 bits per heavy atom. The number of hydrogen-bond donors (Lipinski definition) is 7. The average molecular weight is 745 g/mol. The number of aliphatic carboxylic acids is 4. The van der Waals surface area contributed by atoms with Crippen molar-refractivity contribution in [3.05, 3.63) is 29.8 Å². The van der Waals surface area contributed by atoms with Gasteiger partial charge in [0.1, 0.15) is 36.5 Å². The van der Waals surface area contributed by atoms with Gasteiger partial charge in [0.2, 0.25) is 0 Å². The number of benzene rings is 1. The summed E-state index contributed by atoms with van der Waals surface area (Å²) in [6.45, 7) is 1.81. The van der Waals surface area contributed by atoms with Gasteiger partial charge >= 0.3 is 23.9 Å². The van der Waals surface area contributed by atoms with Crippen molar-refractivity contribution in [2.24, 2.45) is 0 Å². The maximum atomic E-state index is 12.7. The van der Waals surface area contributed by atoms with Gasteiger partial charge in [-0.2, -0.15) is 0 Å². The van der Waals surface area contributed by atoms with Gasteiger partial charge in [-0.1, -0.05) is 12.1 Å². The van der Waals surface area contributed by atoms with E-state index in [0.29, 0.717) is 51.6 Å². The molecule has 0 spiro atoms. The van der Waals surface area contributed by atoms with Crippen LogP contribution in [-0.4, -0.2) is 209 Å². The Morgan fingerprint density at radius 2 is 0.942 bits per heavy atom. The molecule has 0 bridgehead atoms. The lowest BCUT2D eigenvalue weighted by molar-refractivity contribution is -0.149. The van der Waals surface area contributed by atoms with E-state index in [1.807, 2.05) is 31.2 Å². The van der Waals surface area contributed by atoms with Crippen LogP contribution < -0.4 is 4.74 Å². The highest BCUT2D eigenvalue weighted by molar-refractivity contribution is 5.75. The monoisotopic (exact) mass is 744 g/mol. The normalized spacial score (nSPS) is 18.4. The molecular weight excluding hydrogens is 688 g/mol. The van der Waals surface area contributed by atoms with Gasteiger partial charge in [-0.25, -0.2) is 0 Å². The molecule has 1 heterocycles. The van der Waals surface area contributed by atoms with Crippen molar-refractivity contribution in [2.45, 2.75) is 50.4 Å². The number of carbonyl (C=O) groups is 4. The van der Waals surface area contributed by atoms with Crippen molar-refractivity contribution < 1.29 is 69.1 Å². The molecule has 1 aliphatic rings. The molecule has 2 rings (SSSR count). The van der Waals surface area contributed by atoms with E-state index < -0.39 is 67.9 Å². The summed E-state index contributed by atoms with van der Waals surface area (Å²) in [5.74, 6) is -4.43. The second kappa shape index (κ2) is 24.7. The van der Waals surface area contributed by atoms with Crippen LogP contribution in [0.4, 0.5) is 0 Å². The molecule has 52 heavy (non-hydrogen) atoms. The highest BCUT2D eigenvalue weighted by Crippen LogP contribution is 2.17. The first kappa shape index (κ1) is 44.7. The zero-order chi connectivity index (χ0) is 38.5. The third-order valence-corrected chi connectivity index (χ3v) is 9.06. The van der Waals surface area contributed by atoms with E-state index in [2.05, 4.69) is 0 Å². The first-order valence-electron chi connectivity index (χ1n) is 17.5. The fraction of sp³-hybridized carbons (Fsp3) is 0.706. The van der Waals surface area contributed by atoms with Crippen molar-refractivity contribution in [1.29, 1.82) is 0 Å². The van der Waals surface area contributed by atoms with Crippen LogP contribution in [0.1, 0.15) is 25.3 Å². The van der Waals surface area contributed by atoms with Crippen LogP contribution in [0.2, 0.25) is 0 Å². The molecular formula is C34H56N4O14. The second-order valence-electron chi connectivity index (χ2n) is 12.3. The van der Waals surface area contributed by atoms with Gasteiger partial charge in [0, 0.05) is 59.0 Å². The summed E-state index contributed by atoms with van der Waals surface area (Å²) < 4.78 is 16.4. The van der Waals surface area contributed by atoms with Crippen LogP contribution in [0.15, 0.2) is 24.3 Å². The van der Waals surface area contributed by atoms with E-state index in [-0.39, 0.29) is 58.8 Å². The molecule has 18 heteroatoms. The largest absolute Gasteiger partial charge is 0.491 e. The molecule has 0 unspecified atom stereocenters. The third kappa shape index (κ3) is 15.3. The van der Waals surface area contributed by atoms with E-state index in [9.17, 15) is 54.9 Å². The number of aliphatic hydroxyl groups excluding tert-OH is 3. The summed E-state index contributed by atoms with van der Waals surface area (Å²) >= 11 is 0. The first-order chi connectivity index (χ1) is 25.0. The molecule has 0 amide bonds. The van der Waals surface area contributed by atoms with Gasteiger partial charge in [0.05, 0.1) is 39.6 Å². The molecule has 0 saturated carbocycles. The van der Waals surface area contributed by atoms with Crippen LogP contribution in [0.3, 0.4) is 0 Å². The van der Waals surface area contributed by atoms with Crippen molar-refractivity contribution in [3.8, 4) is 5.75 Å². The Labute approximate surface area is 303 Å². The van der Waals surface area contributed by atoms with E-state index in [0.717, 1.165) is 5.56 Å². The van der Waals surface area contributed by atoms with Gasteiger partial charge in [-0.15, -0.1) is 0 Å². The van der Waals surface area contributed by atoms with Gasteiger partial charge in [0.15, 0.2) is 0 Å². The van der Waals surface area contributed by atoms with Crippen molar-refractivity contribution in [2.75, 3.05) is 105 Å². The Hall–Kier alpha value is -3.46. The molecule has 0 aliphatic carbocycles. The predicted octanol–water partition coefficient (Wildman–Crippen LogP) is -1.55. The predicted molar refractivity (Wildman–Crippen MR) is 185 cm³/mol. The summed E-state index contributed by atoms with van der Waals surface area (Å²) in [6, 6.07) is 2.29. The number of aryl methyl sites for hydroxylation is 1. The topological polar surface area (TPSA) is 251 Å². The lowest BCUT2D eigenvalue weighted by atomic mass is 10.0. The zero-order valence-electron chi connectivity index (χ0n) is 29.8. The number of aliphatic hydroxyl groups is 3. The first-order valence-corrected chi connectivity index (χ1v) is 17.5. The maximum absolute atomic E-state index is 12.7. The molecule has 1 aromatic carbocycles. The minimum Gasteiger partial charge on any atom is -0.491 e. The zero-order valence-corrected chi connectivity index (χ0v) is 29.8. The molecule has 4 atom stereocenters. The maximum Gasteiger partial charge on any atom is 0.323 e. The van der Waals surface area contributed by atoms with Gasteiger partial charge < -0.3 is 50.0 Å². The number of carboxylic acid groups (broad SMARTS) is 4. The van der Waals surface area contributed by atoms with Crippen molar-refractivity contribution >= 4 is 23.9 Å².